The average Bonchev–Trinajstić information content (AvgIpc) is 3.04. The van der Waals surface area contributed by atoms with Crippen molar-refractivity contribution in [3.8, 4) is 0 Å². The predicted molar refractivity (Wildman–Crippen MR) is 65.7 cm³/mol. The molecule has 0 aliphatic heterocycles. The number of anilines is 2. The first-order valence-electron chi connectivity index (χ1n) is 5.37. The standard InChI is InChI=1S/C10H16N4OS/c1-5(6-3-4-6)13-10-7(9(15)12-2)8(11)14-16-10/h5-6,13H,3-4H2,1-2H3,(H2,11,14)(H,12,15). The Morgan fingerprint density at radius 1 is 1.62 bits per heavy atom. The minimum Gasteiger partial charge on any atom is -0.382 e. The highest BCUT2D eigenvalue weighted by Crippen LogP contribution is 2.36. The van der Waals surface area contributed by atoms with Crippen molar-refractivity contribution in [2.75, 3.05) is 18.1 Å². The fourth-order valence-corrected chi connectivity index (χ4v) is 2.47. The van der Waals surface area contributed by atoms with E-state index in [0.717, 1.165) is 10.9 Å². The summed E-state index contributed by atoms with van der Waals surface area (Å²) in [4.78, 5) is 11.6. The molecule has 88 valence electrons. The van der Waals surface area contributed by atoms with Gasteiger partial charge in [0, 0.05) is 13.1 Å². The molecule has 16 heavy (non-hydrogen) atoms. The summed E-state index contributed by atoms with van der Waals surface area (Å²) in [6, 6.07) is 0.378. The van der Waals surface area contributed by atoms with Gasteiger partial charge in [-0.1, -0.05) is 0 Å². The molecule has 0 spiro atoms. The van der Waals surface area contributed by atoms with Crippen molar-refractivity contribution in [2.24, 2.45) is 5.92 Å². The van der Waals surface area contributed by atoms with Crippen LogP contribution in [0.5, 0.6) is 0 Å². The number of aromatic nitrogens is 1. The number of nitrogens with zero attached hydrogens (tertiary/aromatic N) is 1. The van der Waals surface area contributed by atoms with E-state index in [-0.39, 0.29) is 5.91 Å². The molecule has 0 radical (unpaired) electrons. The second-order valence-electron chi connectivity index (χ2n) is 4.12. The van der Waals surface area contributed by atoms with E-state index >= 15 is 0 Å². The Bertz CT molecular complexity index is 400. The number of carbonyl (C=O) groups excluding carboxylic acids is 1. The van der Waals surface area contributed by atoms with Gasteiger partial charge >= 0.3 is 0 Å². The van der Waals surface area contributed by atoms with Crippen LogP contribution in [0.25, 0.3) is 0 Å². The first-order valence-corrected chi connectivity index (χ1v) is 6.14. The van der Waals surface area contributed by atoms with Crippen molar-refractivity contribution >= 4 is 28.3 Å². The fourth-order valence-electron chi connectivity index (χ4n) is 1.67. The Balaban J connectivity index is 2.16. The van der Waals surface area contributed by atoms with Gasteiger partial charge in [-0.3, -0.25) is 4.79 Å². The minimum absolute atomic E-state index is 0.184. The zero-order valence-electron chi connectivity index (χ0n) is 9.41. The van der Waals surface area contributed by atoms with Gasteiger partial charge < -0.3 is 16.4 Å². The van der Waals surface area contributed by atoms with Crippen molar-refractivity contribution < 1.29 is 4.79 Å². The molecular formula is C10H16N4OS. The summed E-state index contributed by atoms with van der Waals surface area (Å²) in [6.07, 6.45) is 2.52. The van der Waals surface area contributed by atoms with E-state index in [0.29, 0.717) is 17.4 Å². The number of nitrogens with one attached hydrogen (secondary N) is 2. The number of nitrogens with two attached hydrogens (primary N) is 1. The largest absolute Gasteiger partial charge is 0.382 e. The van der Waals surface area contributed by atoms with Crippen LogP contribution in [0.1, 0.15) is 30.1 Å². The molecular weight excluding hydrogens is 224 g/mol. The van der Waals surface area contributed by atoms with Gasteiger partial charge in [0.1, 0.15) is 10.6 Å². The molecule has 1 aliphatic rings. The highest BCUT2D eigenvalue weighted by Gasteiger charge is 2.29. The first-order chi connectivity index (χ1) is 7.63. The second kappa shape index (κ2) is 4.29. The Hall–Kier alpha value is -1.30. The molecule has 1 aromatic rings. The number of hydrogen-bond acceptors (Lipinski definition) is 5. The number of carbonyl (C=O) groups is 1. The van der Waals surface area contributed by atoms with E-state index in [2.05, 4.69) is 21.9 Å². The van der Waals surface area contributed by atoms with E-state index in [1.807, 2.05) is 0 Å². The highest BCUT2D eigenvalue weighted by atomic mass is 32.1. The Kier molecular flexibility index (Phi) is 3.00. The van der Waals surface area contributed by atoms with Crippen LogP contribution in [0, 0.1) is 5.92 Å². The van der Waals surface area contributed by atoms with Gasteiger partial charge in [0.25, 0.3) is 5.91 Å². The van der Waals surface area contributed by atoms with E-state index in [4.69, 9.17) is 5.73 Å². The quantitative estimate of drug-likeness (QED) is 0.741. The highest BCUT2D eigenvalue weighted by molar-refractivity contribution is 7.11. The third kappa shape index (κ3) is 2.11. The van der Waals surface area contributed by atoms with Gasteiger partial charge in [0.2, 0.25) is 0 Å². The Morgan fingerprint density at radius 3 is 2.88 bits per heavy atom. The van der Waals surface area contributed by atoms with Gasteiger partial charge in [0.05, 0.1) is 0 Å². The smallest absolute Gasteiger partial charge is 0.257 e. The molecule has 4 N–H and O–H groups in total. The summed E-state index contributed by atoms with van der Waals surface area (Å²) in [7, 11) is 1.59. The Labute approximate surface area is 98.6 Å². The molecule has 1 atom stereocenters. The van der Waals surface area contributed by atoms with Crippen LogP contribution in [-0.2, 0) is 0 Å². The van der Waals surface area contributed by atoms with Crippen LogP contribution in [0.15, 0.2) is 0 Å². The third-order valence-corrected chi connectivity index (χ3v) is 3.65. The molecule has 0 bridgehead atoms. The molecule has 2 rings (SSSR count). The fraction of sp³-hybridized carbons (Fsp3) is 0.600. The van der Waals surface area contributed by atoms with Gasteiger partial charge in [-0.2, -0.15) is 4.37 Å². The summed E-state index contributed by atoms with van der Waals surface area (Å²) >= 11 is 1.25. The van der Waals surface area contributed by atoms with Gasteiger partial charge in [-0.15, -0.1) is 0 Å². The van der Waals surface area contributed by atoms with Crippen molar-refractivity contribution in [2.45, 2.75) is 25.8 Å². The minimum atomic E-state index is -0.184. The second-order valence-corrected chi connectivity index (χ2v) is 4.89. The summed E-state index contributed by atoms with van der Waals surface area (Å²) in [5, 5.41) is 6.67. The average molecular weight is 240 g/mol. The van der Waals surface area contributed by atoms with Gasteiger partial charge in [-0.25, -0.2) is 0 Å². The van der Waals surface area contributed by atoms with E-state index < -0.39 is 0 Å². The monoisotopic (exact) mass is 240 g/mol. The lowest BCUT2D eigenvalue weighted by atomic mass is 10.2. The summed E-state index contributed by atoms with van der Waals surface area (Å²) < 4.78 is 4.01. The van der Waals surface area contributed by atoms with Crippen LogP contribution in [-0.4, -0.2) is 23.4 Å². The third-order valence-electron chi connectivity index (χ3n) is 2.86. The maximum Gasteiger partial charge on any atom is 0.257 e. The zero-order valence-corrected chi connectivity index (χ0v) is 10.2. The molecule has 1 aliphatic carbocycles. The molecule has 5 nitrogen and oxygen atoms in total. The number of hydrogen-bond donors (Lipinski definition) is 3. The van der Waals surface area contributed by atoms with Gasteiger partial charge in [0.15, 0.2) is 5.82 Å². The van der Waals surface area contributed by atoms with Gasteiger partial charge in [-0.05, 0) is 37.2 Å². The van der Waals surface area contributed by atoms with Crippen molar-refractivity contribution in [1.29, 1.82) is 0 Å². The van der Waals surface area contributed by atoms with E-state index in [1.165, 1.54) is 24.4 Å². The van der Waals surface area contributed by atoms with Crippen molar-refractivity contribution in [1.82, 2.24) is 9.69 Å². The van der Waals surface area contributed by atoms with Crippen LogP contribution in [0.3, 0.4) is 0 Å². The molecule has 1 fully saturated rings. The predicted octanol–water partition coefficient (Wildman–Crippen LogP) is 1.30. The SMILES string of the molecule is CNC(=O)c1c(N)nsc1NC(C)C1CC1. The van der Waals surface area contributed by atoms with Crippen LogP contribution in [0.4, 0.5) is 10.8 Å². The topological polar surface area (TPSA) is 80.0 Å². The lowest BCUT2D eigenvalue weighted by Gasteiger charge is -2.13. The molecule has 6 heteroatoms. The van der Waals surface area contributed by atoms with E-state index in [1.54, 1.807) is 7.05 Å². The lowest BCUT2D eigenvalue weighted by molar-refractivity contribution is 0.0965. The molecule has 1 amide bonds. The van der Waals surface area contributed by atoms with Crippen LogP contribution in [0.2, 0.25) is 0 Å². The Morgan fingerprint density at radius 2 is 2.31 bits per heavy atom. The number of amides is 1. The lowest BCUT2D eigenvalue weighted by Crippen LogP contribution is -2.23. The van der Waals surface area contributed by atoms with Crippen molar-refractivity contribution in [3.05, 3.63) is 5.56 Å². The molecule has 1 heterocycles. The number of rotatable bonds is 4. The van der Waals surface area contributed by atoms with Crippen LogP contribution >= 0.6 is 11.5 Å². The summed E-state index contributed by atoms with van der Waals surface area (Å²) in [6.45, 7) is 2.13. The zero-order chi connectivity index (χ0) is 11.7. The van der Waals surface area contributed by atoms with Crippen molar-refractivity contribution in [3.63, 3.8) is 0 Å². The molecule has 1 aromatic heterocycles. The maximum atomic E-state index is 11.6. The maximum absolute atomic E-state index is 11.6. The number of nitrogen functional groups attached to an aromatic ring is 1. The first kappa shape index (κ1) is 11.2. The molecule has 0 aromatic carbocycles. The normalized spacial score (nSPS) is 16.9. The molecule has 1 saturated carbocycles. The van der Waals surface area contributed by atoms with E-state index in [9.17, 15) is 4.79 Å². The summed E-state index contributed by atoms with van der Waals surface area (Å²) in [5.74, 6) is 0.840. The molecule has 0 saturated heterocycles. The molecule has 1 unspecified atom stereocenters. The van der Waals surface area contributed by atoms with Crippen LogP contribution < -0.4 is 16.4 Å². The summed E-state index contributed by atoms with van der Waals surface area (Å²) in [5.41, 5.74) is 6.16.